The van der Waals surface area contributed by atoms with Crippen LogP contribution in [0.25, 0.3) is 0 Å². The zero-order chi connectivity index (χ0) is 15.9. The fraction of sp³-hybridized carbons (Fsp3) is 0.235. The van der Waals surface area contributed by atoms with Crippen LogP contribution < -0.4 is 10.1 Å². The first-order valence-electron chi connectivity index (χ1n) is 6.97. The normalized spacial score (nSPS) is 13.2. The number of aliphatic hydroxyl groups is 1. The Kier molecular flexibility index (Phi) is 5.49. The van der Waals surface area contributed by atoms with Gasteiger partial charge in [-0.2, -0.15) is 0 Å². The van der Waals surface area contributed by atoms with E-state index in [0.29, 0.717) is 11.3 Å². The highest BCUT2D eigenvalue weighted by Crippen LogP contribution is 2.17. The van der Waals surface area contributed by atoms with Crippen LogP contribution in [0.4, 0.5) is 4.39 Å². The van der Waals surface area contributed by atoms with Crippen LogP contribution in [0.5, 0.6) is 5.75 Å². The van der Waals surface area contributed by atoms with Crippen molar-refractivity contribution in [1.82, 2.24) is 5.32 Å². The van der Waals surface area contributed by atoms with E-state index in [0.717, 1.165) is 0 Å². The lowest BCUT2D eigenvalue weighted by atomic mass is 10.0. The molecular formula is C17H18FNO3. The first-order valence-corrected chi connectivity index (χ1v) is 6.97. The molecule has 2 aromatic rings. The van der Waals surface area contributed by atoms with Crippen LogP contribution in [0.2, 0.25) is 0 Å². The molecule has 0 aliphatic carbocycles. The van der Waals surface area contributed by atoms with Crippen LogP contribution in [-0.2, 0) is 4.79 Å². The van der Waals surface area contributed by atoms with E-state index in [1.165, 1.54) is 24.3 Å². The van der Waals surface area contributed by atoms with Gasteiger partial charge in [0, 0.05) is 0 Å². The lowest BCUT2D eigenvalue weighted by Crippen LogP contribution is -2.39. The van der Waals surface area contributed by atoms with Gasteiger partial charge in [-0.1, -0.05) is 30.3 Å². The molecule has 0 aliphatic heterocycles. The topological polar surface area (TPSA) is 58.6 Å². The Balaban J connectivity index is 1.84. The largest absolute Gasteiger partial charge is 0.484 e. The number of amides is 1. The summed E-state index contributed by atoms with van der Waals surface area (Å²) < 4.78 is 18.2. The summed E-state index contributed by atoms with van der Waals surface area (Å²) in [5, 5.41) is 12.8. The molecule has 22 heavy (non-hydrogen) atoms. The number of halogens is 1. The maximum Gasteiger partial charge on any atom is 0.258 e. The minimum absolute atomic E-state index is 0.134. The molecule has 2 rings (SSSR count). The predicted octanol–water partition coefficient (Wildman–Crippen LogP) is 2.44. The third-order valence-electron chi connectivity index (χ3n) is 3.19. The lowest BCUT2D eigenvalue weighted by Gasteiger charge is -2.20. The highest BCUT2D eigenvalue weighted by atomic mass is 19.1. The second-order valence-electron chi connectivity index (χ2n) is 4.95. The quantitative estimate of drug-likeness (QED) is 0.862. The molecule has 0 fully saturated rings. The van der Waals surface area contributed by atoms with Crippen LogP contribution in [0.3, 0.4) is 0 Å². The van der Waals surface area contributed by atoms with E-state index in [4.69, 9.17) is 4.74 Å². The smallest absolute Gasteiger partial charge is 0.258 e. The van der Waals surface area contributed by atoms with Gasteiger partial charge in [0.1, 0.15) is 11.6 Å². The monoisotopic (exact) mass is 303 g/mol. The number of benzene rings is 2. The van der Waals surface area contributed by atoms with Crippen LogP contribution in [0.1, 0.15) is 18.6 Å². The van der Waals surface area contributed by atoms with Gasteiger partial charge in [0.25, 0.3) is 5.91 Å². The number of carbonyl (C=O) groups is 1. The molecule has 0 unspecified atom stereocenters. The van der Waals surface area contributed by atoms with Crippen LogP contribution in [0, 0.1) is 5.82 Å². The van der Waals surface area contributed by atoms with Gasteiger partial charge in [-0.25, -0.2) is 4.39 Å². The molecule has 0 saturated heterocycles. The Labute approximate surface area is 128 Å². The number of carbonyl (C=O) groups excluding carboxylic acids is 1. The van der Waals surface area contributed by atoms with E-state index in [1.54, 1.807) is 19.1 Å². The minimum Gasteiger partial charge on any atom is -0.484 e. The molecule has 0 aliphatic rings. The number of ether oxygens (including phenoxy) is 1. The molecule has 2 aromatic carbocycles. The highest BCUT2D eigenvalue weighted by Gasteiger charge is 2.18. The average molecular weight is 303 g/mol. The second-order valence-corrected chi connectivity index (χ2v) is 4.95. The van der Waals surface area contributed by atoms with Crippen molar-refractivity contribution in [1.29, 1.82) is 0 Å². The molecule has 0 heterocycles. The molecule has 0 saturated carbocycles. The number of hydrogen-bond acceptors (Lipinski definition) is 3. The Bertz CT molecular complexity index is 601. The molecule has 1 amide bonds. The summed E-state index contributed by atoms with van der Waals surface area (Å²) in [5.74, 6) is -0.106. The molecule has 5 heteroatoms. The van der Waals surface area contributed by atoms with Gasteiger partial charge in [-0.15, -0.1) is 0 Å². The van der Waals surface area contributed by atoms with Gasteiger partial charge >= 0.3 is 0 Å². The van der Waals surface area contributed by atoms with Gasteiger partial charge in [-0.05, 0) is 36.8 Å². The van der Waals surface area contributed by atoms with E-state index in [1.807, 2.05) is 18.2 Å². The van der Waals surface area contributed by atoms with Crippen LogP contribution in [-0.4, -0.2) is 23.7 Å². The third-order valence-corrected chi connectivity index (χ3v) is 3.19. The molecule has 4 nitrogen and oxygen atoms in total. The summed E-state index contributed by atoms with van der Waals surface area (Å²) >= 11 is 0. The minimum atomic E-state index is -0.915. The van der Waals surface area contributed by atoms with E-state index < -0.39 is 12.1 Å². The summed E-state index contributed by atoms with van der Waals surface area (Å²) in [4.78, 5) is 11.8. The van der Waals surface area contributed by atoms with E-state index in [2.05, 4.69) is 5.32 Å². The Morgan fingerprint density at radius 2 is 1.82 bits per heavy atom. The van der Waals surface area contributed by atoms with Crippen LogP contribution in [0.15, 0.2) is 54.6 Å². The standard InChI is InChI=1S/C17H18FNO3/c1-12(17(21)13-7-9-14(18)10-8-13)19-16(20)11-22-15-5-3-2-4-6-15/h2-10,12,17,21H,11H2,1H3,(H,19,20)/t12-,17+/m1/s1. The van der Waals surface area contributed by atoms with Crippen molar-refractivity contribution in [3.05, 3.63) is 66.0 Å². The first kappa shape index (κ1) is 16.0. The molecule has 0 radical (unpaired) electrons. The Hall–Kier alpha value is -2.40. The molecule has 0 aromatic heterocycles. The first-order chi connectivity index (χ1) is 10.6. The number of rotatable bonds is 6. The number of aliphatic hydroxyl groups excluding tert-OH is 1. The van der Waals surface area contributed by atoms with Crippen molar-refractivity contribution in [3.63, 3.8) is 0 Å². The molecule has 0 bridgehead atoms. The Morgan fingerprint density at radius 1 is 1.18 bits per heavy atom. The molecule has 0 spiro atoms. The van der Waals surface area contributed by atoms with Gasteiger partial charge in [-0.3, -0.25) is 4.79 Å². The zero-order valence-corrected chi connectivity index (χ0v) is 12.2. The van der Waals surface area contributed by atoms with Gasteiger partial charge < -0.3 is 15.2 Å². The maximum absolute atomic E-state index is 12.9. The van der Waals surface area contributed by atoms with Crippen LogP contribution >= 0.6 is 0 Å². The van der Waals surface area contributed by atoms with Crippen molar-refractivity contribution >= 4 is 5.91 Å². The number of nitrogens with one attached hydrogen (secondary N) is 1. The summed E-state index contributed by atoms with van der Waals surface area (Å²) in [6.45, 7) is 1.54. The van der Waals surface area contributed by atoms with Crippen molar-refractivity contribution in [2.45, 2.75) is 19.1 Å². The molecule has 2 atom stereocenters. The third kappa shape index (κ3) is 4.56. The van der Waals surface area contributed by atoms with E-state index in [9.17, 15) is 14.3 Å². The summed E-state index contributed by atoms with van der Waals surface area (Å²) in [5.41, 5.74) is 0.540. The van der Waals surface area contributed by atoms with Crippen molar-refractivity contribution in [2.24, 2.45) is 0 Å². The summed E-state index contributed by atoms with van der Waals surface area (Å²) in [6, 6.07) is 14.0. The van der Waals surface area contributed by atoms with Crippen molar-refractivity contribution in [2.75, 3.05) is 6.61 Å². The molecule has 116 valence electrons. The van der Waals surface area contributed by atoms with Gasteiger partial charge in [0.15, 0.2) is 6.61 Å². The predicted molar refractivity (Wildman–Crippen MR) is 80.9 cm³/mol. The van der Waals surface area contributed by atoms with E-state index >= 15 is 0 Å². The highest BCUT2D eigenvalue weighted by molar-refractivity contribution is 5.77. The second kappa shape index (κ2) is 7.56. The van der Waals surface area contributed by atoms with Crippen molar-refractivity contribution in [3.8, 4) is 5.75 Å². The summed E-state index contributed by atoms with van der Waals surface area (Å²) in [7, 11) is 0. The van der Waals surface area contributed by atoms with Gasteiger partial charge in [0.2, 0.25) is 0 Å². The van der Waals surface area contributed by atoms with E-state index in [-0.39, 0.29) is 18.3 Å². The zero-order valence-electron chi connectivity index (χ0n) is 12.2. The lowest BCUT2D eigenvalue weighted by molar-refractivity contribution is -0.124. The SMILES string of the molecule is C[C@@H](NC(=O)COc1ccccc1)[C@H](O)c1ccc(F)cc1. The van der Waals surface area contributed by atoms with Crippen molar-refractivity contribution < 1.29 is 19.0 Å². The Morgan fingerprint density at radius 3 is 2.45 bits per heavy atom. The maximum atomic E-state index is 12.9. The fourth-order valence-corrected chi connectivity index (χ4v) is 1.99. The molecular weight excluding hydrogens is 285 g/mol. The van der Waals surface area contributed by atoms with Gasteiger partial charge in [0.05, 0.1) is 12.1 Å². The average Bonchev–Trinajstić information content (AvgIpc) is 2.54. The number of hydrogen-bond donors (Lipinski definition) is 2. The summed E-state index contributed by atoms with van der Waals surface area (Å²) in [6.07, 6.45) is -0.915. The number of para-hydroxylation sites is 1. The fourth-order valence-electron chi connectivity index (χ4n) is 1.99. The molecule has 2 N–H and O–H groups in total.